The summed E-state index contributed by atoms with van der Waals surface area (Å²) in [6, 6.07) is 9.04. The zero-order chi connectivity index (χ0) is 13.1. The molecule has 0 unspecified atom stereocenters. The summed E-state index contributed by atoms with van der Waals surface area (Å²) in [5.41, 5.74) is 1.00. The Morgan fingerprint density at radius 3 is 2.67 bits per heavy atom. The Morgan fingerprint density at radius 1 is 1.33 bits per heavy atom. The van der Waals surface area contributed by atoms with Gasteiger partial charge in [-0.05, 0) is 29.8 Å². The summed E-state index contributed by atoms with van der Waals surface area (Å²) >= 11 is 6.04. The molecule has 0 saturated carbocycles. The van der Waals surface area contributed by atoms with Gasteiger partial charge in [0.05, 0.1) is 12.1 Å². The molecule has 0 radical (unpaired) electrons. The van der Waals surface area contributed by atoms with Gasteiger partial charge >= 0.3 is 0 Å². The van der Waals surface area contributed by atoms with Gasteiger partial charge in [0.2, 0.25) is 0 Å². The van der Waals surface area contributed by atoms with Crippen LogP contribution in [-0.2, 0) is 6.42 Å². The smallest absolute Gasteiger partial charge is 0.194 e. The lowest BCUT2D eigenvalue weighted by Crippen LogP contribution is -1.90. The van der Waals surface area contributed by atoms with Gasteiger partial charge in [0.25, 0.3) is 0 Å². The molecule has 0 atom stereocenters. The normalized spacial score (nSPS) is 10.4. The number of hydrogen-bond acceptors (Lipinski definition) is 3. The van der Waals surface area contributed by atoms with Gasteiger partial charge in [0, 0.05) is 13.3 Å². The van der Waals surface area contributed by atoms with E-state index < -0.39 is 0 Å². The van der Waals surface area contributed by atoms with E-state index in [4.69, 9.17) is 20.8 Å². The number of ether oxygens (including phenoxy) is 1. The zero-order valence-electron chi connectivity index (χ0n) is 10.2. The molecule has 0 bridgehead atoms. The Kier molecular flexibility index (Phi) is 3.72. The van der Waals surface area contributed by atoms with E-state index in [-0.39, 0.29) is 5.78 Å². The third-order valence-electron chi connectivity index (χ3n) is 2.60. The summed E-state index contributed by atoms with van der Waals surface area (Å²) in [5.74, 6) is 1.68. The van der Waals surface area contributed by atoms with E-state index in [0.717, 1.165) is 11.3 Å². The minimum absolute atomic E-state index is 0.0750. The highest BCUT2D eigenvalue weighted by atomic mass is 35.5. The SMILES string of the molecule is COc1ccc(Cc2ccc(C(C)=O)o2)cc1Cl. The van der Waals surface area contributed by atoms with Crippen LogP contribution in [0.3, 0.4) is 0 Å². The van der Waals surface area contributed by atoms with Crippen LogP contribution in [0, 0.1) is 0 Å². The van der Waals surface area contributed by atoms with Crippen molar-refractivity contribution in [3.63, 3.8) is 0 Å². The number of ketones is 1. The lowest BCUT2D eigenvalue weighted by Gasteiger charge is -2.04. The van der Waals surface area contributed by atoms with Crippen LogP contribution in [0.2, 0.25) is 5.02 Å². The lowest BCUT2D eigenvalue weighted by atomic mass is 10.1. The Hall–Kier alpha value is -1.74. The maximum atomic E-state index is 11.1. The van der Waals surface area contributed by atoms with Crippen LogP contribution < -0.4 is 4.74 Å². The molecule has 0 amide bonds. The molecule has 0 aliphatic rings. The first-order valence-corrected chi connectivity index (χ1v) is 5.90. The molecule has 0 saturated heterocycles. The minimum atomic E-state index is -0.0750. The van der Waals surface area contributed by atoms with Crippen molar-refractivity contribution in [1.82, 2.24) is 0 Å². The third-order valence-corrected chi connectivity index (χ3v) is 2.90. The van der Waals surface area contributed by atoms with Crippen molar-refractivity contribution in [2.75, 3.05) is 7.11 Å². The van der Waals surface area contributed by atoms with Gasteiger partial charge in [-0.15, -0.1) is 0 Å². The average molecular weight is 265 g/mol. The van der Waals surface area contributed by atoms with Crippen LogP contribution in [-0.4, -0.2) is 12.9 Å². The first-order valence-electron chi connectivity index (χ1n) is 5.52. The molecule has 1 aromatic heterocycles. The van der Waals surface area contributed by atoms with Crippen molar-refractivity contribution in [3.8, 4) is 5.75 Å². The number of Topliss-reactive ketones (excluding diaryl/α,β-unsaturated/α-hetero) is 1. The number of furan rings is 1. The summed E-state index contributed by atoms with van der Waals surface area (Å²) in [6.45, 7) is 1.48. The highest BCUT2D eigenvalue weighted by Gasteiger charge is 2.08. The van der Waals surface area contributed by atoms with Crippen molar-refractivity contribution < 1.29 is 13.9 Å². The fourth-order valence-corrected chi connectivity index (χ4v) is 1.96. The molecular formula is C14H13ClO3. The van der Waals surface area contributed by atoms with Crippen molar-refractivity contribution in [2.24, 2.45) is 0 Å². The number of hydrogen-bond donors (Lipinski definition) is 0. The second-order valence-electron chi connectivity index (χ2n) is 3.97. The number of carbonyl (C=O) groups is 1. The Balaban J connectivity index is 2.18. The molecule has 18 heavy (non-hydrogen) atoms. The number of halogens is 1. The second kappa shape index (κ2) is 5.27. The van der Waals surface area contributed by atoms with Crippen LogP contribution in [0.1, 0.15) is 28.8 Å². The molecule has 0 spiro atoms. The van der Waals surface area contributed by atoms with Crippen LogP contribution in [0.25, 0.3) is 0 Å². The molecule has 0 aliphatic carbocycles. The maximum Gasteiger partial charge on any atom is 0.194 e. The molecule has 1 aromatic carbocycles. The quantitative estimate of drug-likeness (QED) is 0.790. The molecule has 2 aromatic rings. The largest absolute Gasteiger partial charge is 0.495 e. The van der Waals surface area contributed by atoms with Crippen LogP contribution in [0.4, 0.5) is 0 Å². The molecule has 0 N–H and O–H groups in total. The highest BCUT2D eigenvalue weighted by molar-refractivity contribution is 6.32. The molecule has 4 heteroatoms. The van der Waals surface area contributed by atoms with E-state index in [2.05, 4.69) is 0 Å². The monoisotopic (exact) mass is 264 g/mol. The van der Waals surface area contributed by atoms with Gasteiger partial charge < -0.3 is 9.15 Å². The third kappa shape index (κ3) is 2.74. The molecule has 0 fully saturated rings. The summed E-state index contributed by atoms with van der Waals surface area (Å²) in [6.07, 6.45) is 0.594. The minimum Gasteiger partial charge on any atom is -0.495 e. The lowest BCUT2D eigenvalue weighted by molar-refractivity contribution is 0.0985. The van der Waals surface area contributed by atoms with Crippen molar-refractivity contribution in [2.45, 2.75) is 13.3 Å². The molecular weight excluding hydrogens is 252 g/mol. The van der Waals surface area contributed by atoms with E-state index >= 15 is 0 Å². The number of benzene rings is 1. The number of carbonyl (C=O) groups excluding carboxylic acids is 1. The fourth-order valence-electron chi connectivity index (χ4n) is 1.68. The standard InChI is InChI=1S/C14H13ClO3/c1-9(16)13-6-4-11(18-13)7-10-3-5-14(17-2)12(15)8-10/h3-6,8H,7H2,1-2H3. The molecule has 2 rings (SSSR count). The molecule has 94 valence electrons. The molecule has 3 nitrogen and oxygen atoms in total. The Labute approximate surface area is 110 Å². The van der Waals surface area contributed by atoms with Crippen LogP contribution >= 0.6 is 11.6 Å². The van der Waals surface area contributed by atoms with E-state index in [9.17, 15) is 4.79 Å². The van der Waals surface area contributed by atoms with Gasteiger partial charge in [0.1, 0.15) is 11.5 Å². The topological polar surface area (TPSA) is 39.4 Å². The van der Waals surface area contributed by atoms with Gasteiger partial charge in [-0.1, -0.05) is 17.7 Å². The average Bonchev–Trinajstić information content (AvgIpc) is 2.78. The van der Waals surface area contributed by atoms with Crippen molar-refractivity contribution in [3.05, 3.63) is 52.4 Å². The Bertz CT molecular complexity index is 572. The number of rotatable bonds is 4. The van der Waals surface area contributed by atoms with Gasteiger partial charge in [-0.25, -0.2) is 0 Å². The van der Waals surface area contributed by atoms with Gasteiger partial charge in [0.15, 0.2) is 11.5 Å². The summed E-state index contributed by atoms with van der Waals surface area (Å²) in [7, 11) is 1.58. The van der Waals surface area contributed by atoms with Crippen molar-refractivity contribution >= 4 is 17.4 Å². The van der Waals surface area contributed by atoms with E-state index in [1.807, 2.05) is 18.2 Å². The van der Waals surface area contributed by atoms with Crippen LogP contribution in [0.15, 0.2) is 34.7 Å². The second-order valence-corrected chi connectivity index (χ2v) is 4.38. The van der Waals surface area contributed by atoms with Gasteiger partial charge in [-0.2, -0.15) is 0 Å². The molecule has 1 heterocycles. The van der Waals surface area contributed by atoms with Crippen molar-refractivity contribution in [1.29, 1.82) is 0 Å². The van der Waals surface area contributed by atoms with Gasteiger partial charge in [-0.3, -0.25) is 4.79 Å². The summed E-state index contributed by atoms with van der Waals surface area (Å²) in [5, 5.41) is 0.563. The first-order chi connectivity index (χ1) is 8.60. The maximum absolute atomic E-state index is 11.1. The predicted octanol–water partition coefficient (Wildman–Crippen LogP) is 3.74. The summed E-state index contributed by atoms with van der Waals surface area (Å²) in [4.78, 5) is 11.1. The Morgan fingerprint density at radius 2 is 2.11 bits per heavy atom. The first kappa shape index (κ1) is 12.7. The molecule has 0 aliphatic heterocycles. The van der Waals surface area contributed by atoms with E-state index in [1.54, 1.807) is 19.2 Å². The zero-order valence-corrected chi connectivity index (χ0v) is 11.0. The highest BCUT2D eigenvalue weighted by Crippen LogP contribution is 2.26. The summed E-state index contributed by atoms with van der Waals surface area (Å²) < 4.78 is 10.5. The fraction of sp³-hybridized carbons (Fsp3) is 0.214. The van der Waals surface area contributed by atoms with E-state index in [0.29, 0.717) is 23.0 Å². The predicted molar refractivity (Wildman–Crippen MR) is 69.5 cm³/mol. The number of methoxy groups -OCH3 is 1. The van der Waals surface area contributed by atoms with Crippen LogP contribution in [0.5, 0.6) is 5.75 Å². The van der Waals surface area contributed by atoms with E-state index in [1.165, 1.54) is 6.92 Å².